The van der Waals surface area contributed by atoms with Crippen molar-refractivity contribution in [1.29, 1.82) is 0 Å². The number of morpholine rings is 1. The highest BCUT2D eigenvalue weighted by molar-refractivity contribution is 7.89. The average molecular weight is 542 g/mol. The molecule has 1 N–H and O–H groups in total. The van der Waals surface area contributed by atoms with Crippen molar-refractivity contribution >= 4 is 27.7 Å². The molecule has 3 aromatic rings. The normalized spacial score (nSPS) is 20.3. The number of sulfonamides is 1. The summed E-state index contributed by atoms with van der Waals surface area (Å²) in [5.74, 6) is -0.243. The van der Waals surface area contributed by atoms with Crippen molar-refractivity contribution in [1.82, 2.24) is 23.9 Å². The molecule has 2 atom stereocenters. The van der Waals surface area contributed by atoms with Crippen LogP contribution in [0.3, 0.4) is 0 Å². The summed E-state index contributed by atoms with van der Waals surface area (Å²) in [6, 6.07) is 9.41. The predicted molar refractivity (Wildman–Crippen MR) is 138 cm³/mol. The third-order valence-corrected chi connectivity index (χ3v) is 8.39. The number of pyridine rings is 1. The maximum atomic E-state index is 13.5. The lowest BCUT2D eigenvalue weighted by atomic mass is 10.2. The molecule has 2 unspecified atom stereocenters. The molecule has 3 aliphatic heterocycles. The number of carbonyl (C=O) groups excluding carboxylic acids is 2. The molecule has 3 saturated heterocycles. The number of imidazole rings is 1. The van der Waals surface area contributed by atoms with Gasteiger partial charge in [0.2, 0.25) is 10.0 Å². The SMILES string of the molecule is CC(C)(C)OC(=O)N1CC2CN(S(=O)(=O)c3ccc(CNC(=O)c4ccc5nccn5c4)cc3)C(CO2)C1. The zero-order valence-electron chi connectivity index (χ0n) is 21.5. The van der Waals surface area contributed by atoms with Crippen LogP contribution < -0.4 is 5.32 Å². The minimum absolute atomic E-state index is 0.148. The molecule has 6 rings (SSSR count). The summed E-state index contributed by atoms with van der Waals surface area (Å²) in [5, 5.41) is 2.86. The Balaban J connectivity index is 1.24. The van der Waals surface area contributed by atoms with Crippen LogP contribution in [-0.4, -0.2) is 83.0 Å². The fourth-order valence-corrected chi connectivity index (χ4v) is 6.22. The van der Waals surface area contributed by atoms with Crippen molar-refractivity contribution in [3.05, 3.63) is 66.1 Å². The number of hydrogen-bond donors (Lipinski definition) is 1. The number of rotatable bonds is 5. The molecular formula is C26H31N5O6S. The highest BCUT2D eigenvalue weighted by Crippen LogP contribution is 2.27. The number of fused-ring (bicyclic) bond motifs is 5. The van der Waals surface area contributed by atoms with Gasteiger partial charge in [-0.3, -0.25) is 4.79 Å². The van der Waals surface area contributed by atoms with E-state index in [0.29, 0.717) is 5.56 Å². The van der Waals surface area contributed by atoms with Crippen molar-refractivity contribution in [3.8, 4) is 0 Å². The summed E-state index contributed by atoms with van der Waals surface area (Å²) in [4.78, 5) is 31.1. The number of carbonyl (C=O) groups is 2. The van der Waals surface area contributed by atoms with Gasteiger partial charge in [0.25, 0.3) is 5.91 Å². The van der Waals surface area contributed by atoms with Crippen molar-refractivity contribution in [2.45, 2.75) is 50.0 Å². The fraction of sp³-hybridized carbons (Fsp3) is 0.423. The monoisotopic (exact) mass is 541 g/mol. The highest BCUT2D eigenvalue weighted by Gasteiger charge is 2.43. The summed E-state index contributed by atoms with van der Waals surface area (Å²) in [6.45, 7) is 6.45. The second-order valence-corrected chi connectivity index (χ2v) is 12.4. The molecule has 12 heteroatoms. The van der Waals surface area contributed by atoms with Gasteiger partial charge in [-0.2, -0.15) is 4.31 Å². The van der Waals surface area contributed by atoms with Gasteiger partial charge in [-0.25, -0.2) is 18.2 Å². The maximum Gasteiger partial charge on any atom is 0.410 e. The van der Waals surface area contributed by atoms with Crippen LogP contribution in [0, 0.1) is 0 Å². The van der Waals surface area contributed by atoms with Gasteiger partial charge in [0, 0.05) is 38.2 Å². The molecule has 3 fully saturated rings. The molecule has 2 aromatic heterocycles. The van der Waals surface area contributed by atoms with Gasteiger partial charge in [-0.1, -0.05) is 12.1 Å². The Morgan fingerprint density at radius 2 is 1.87 bits per heavy atom. The molecule has 38 heavy (non-hydrogen) atoms. The zero-order valence-corrected chi connectivity index (χ0v) is 22.3. The number of nitrogens with zero attached hydrogens (tertiary/aromatic N) is 4. The van der Waals surface area contributed by atoms with Gasteiger partial charge in [-0.05, 0) is 50.6 Å². The quantitative estimate of drug-likeness (QED) is 0.526. The van der Waals surface area contributed by atoms with E-state index < -0.39 is 33.9 Å². The lowest BCUT2D eigenvalue weighted by Gasteiger charge is -2.34. The Morgan fingerprint density at radius 1 is 1.11 bits per heavy atom. The van der Waals surface area contributed by atoms with Crippen LogP contribution in [0.5, 0.6) is 0 Å². The summed E-state index contributed by atoms with van der Waals surface area (Å²) in [7, 11) is -3.83. The standard InChI is InChI=1S/C26H31N5O6S/c1-26(2,3)37-25(33)30-14-20-17-36-21(15-30)16-31(20)38(34,35)22-7-4-18(5-8-22)12-28-24(32)19-6-9-23-27-10-11-29(23)13-19/h4-11,13,20-21H,12,14-17H2,1-3H3,(H,28,32). The smallest absolute Gasteiger partial charge is 0.410 e. The van der Waals surface area contributed by atoms with E-state index in [0.717, 1.165) is 11.2 Å². The van der Waals surface area contributed by atoms with Crippen molar-refractivity contribution in [3.63, 3.8) is 0 Å². The largest absolute Gasteiger partial charge is 0.444 e. The van der Waals surface area contributed by atoms with Gasteiger partial charge < -0.3 is 24.1 Å². The molecule has 11 nitrogen and oxygen atoms in total. The third kappa shape index (κ3) is 5.52. The number of nitrogens with one attached hydrogen (secondary N) is 1. The molecule has 0 radical (unpaired) electrons. The molecule has 2 amide bonds. The second-order valence-electron chi connectivity index (χ2n) is 10.5. The number of benzene rings is 1. The van der Waals surface area contributed by atoms with E-state index in [4.69, 9.17) is 9.47 Å². The zero-order chi connectivity index (χ0) is 27.1. The topological polar surface area (TPSA) is 123 Å². The van der Waals surface area contributed by atoms with Crippen LogP contribution in [0.4, 0.5) is 4.79 Å². The molecular weight excluding hydrogens is 510 g/mol. The van der Waals surface area contributed by atoms with E-state index >= 15 is 0 Å². The van der Waals surface area contributed by atoms with Gasteiger partial charge in [0.15, 0.2) is 0 Å². The van der Waals surface area contributed by atoms with Crippen LogP contribution in [0.25, 0.3) is 5.65 Å². The molecule has 0 saturated carbocycles. The van der Waals surface area contributed by atoms with Gasteiger partial charge in [0.1, 0.15) is 11.2 Å². The van der Waals surface area contributed by atoms with E-state index in [9.17, 15) is 18.0 Å². The minimum atomic E-state index is -3.83. The summed E-state index contributed by atoms with van der Waals surface area (Å²) < 4.78 is 41.6. The first kappa shape index (κ1) is 26.1. The maximum absolute atomic E-state index is 13.5. The Morgan fingerprint density at radius 3 is 2.61 bits per heavy atom. The number of aromatic nitrogens is 2. The minimum Gasteiger partial charge on any atom is -0.444 e. The van der Waals surface area contributed by atoms with Gasteiger partial charge >= 0.3 is 6.09 Å². The molecule has 3 aliphatic rings. The lowest BCUT2D eigenvalue weighted by molar-refractivity contribution is -0.0134. The predicted octanol–water partition coefficient (Wildman–Crippen LogP) is 2.27. The van der Waals surface area contributed by atoms with Crippen molar-refractivity contribution in [2.24, 2.45) is 0 Å². The van der Waals surface area contributed by atoms with E-state index in [-0.39, 0.29) is 43.6 Å². The first-order chi connectivity index (χ1) is 18.0. The number of ether oxygens (including phenoxy) is 2. The van der Waals surface area contributed by atoms with Crippen LogP contribution in [-0.2, 0) is 26.0 Å². The van der Waals surface area contributed by atoms with Gasteiger partial charge in [-0.15, -0.1) is 0 Å². The second kappa shape index (κ2) is 10.0. The molecule has 1 aromatic carbocycles. The van der Waals surface area contributed by atoms with Crippen LogP contribution in [0.1, 0.15) is 36.7 Å². The summed E-state index contributed by atoms with van der Waals surface area (Å²) in [5.41, 5.74) is 1.36. The highest BCUT2D eigenvalue weighted by atomic mass is 32.2. The van der Waals surface area contributed by atoms with Crippen molar-refractivity contribution in [2.75, 3.05) is 26.2 Å². The van der Waals surface area contributed by atoms with Crippen molar-refractivity contribution < 1.29 is 27.5 Å². The van der Waals surface area contributed by atoms with Crippen LogP contribution >= 0.6 is 0 Å². The average Bonchev–Trinajstić information content (AvgIpc) is 3.14. The Kier molecular flexibility index (Phi) is 6.88. The molecule has 0 aliphatic carbocycles. The molecule has 5 heterocycles. The van der Waals surface area contributed by atoms with Crippen LogP contribution in [0.15, 0.2) is 59.9 Å². The lowest BCUT2D eigenvalue weighted by Crippen LogP contribution is -2.52. The third-order valence-electron chi connectivity index (χ3n) is 6.46. The first-order valence-electron chi connectivity index (χ1n) is 12.4. The fourth-order valence-electron chi connectivity index (χ4n) is 4.59. The Hall–Kier alpha value is -3.48. The number of hydrogen-bond acceptors (Lipinski definition) is 7. The molecule has 202 valence electrons. The van der Waals surface area contributed by atoms with E-state index in [1.165, 1.54) is 9.21 Å². The Bertz CT molecular complexity index is 1450. The number of amides is 2. The Labute approximate surface area is 221 Å². The molecule has 0 spiro atoms. The van der Waals surface area contributed by atoms with Gasteiger partial charge in [0.05, 0.1) is 35.8 Å². The van der Waals surface area contributed by atoms with E-state index in [1.807, 2.05) is 0 Å². The summed E-state index contributed by atoms with van der Waals surface area (Å²) >= 11 is 0. The summed E-state index contributed by atoms with van der Waals surface area (Å²) in [6.07, 6.45) is 4.21. The van der Waals surface area contributed by atoms with E-state index in [1.54, 1.807) is 80.2 Å². The van der Waals surface area contributed by atoms with Crippen LogP contribution in [0.2, 0.25) is 0 Å². The first-order valence-corrected chi connectivity index (χ1v) is 13.8. The van der Waals surface area contributed by atoms with E-state index in [2.05, 4.69) is 10.3 Å². The molecule has 2 bridgehead atoms.